The first kappa shape index (κ1) is 17.3. The molecule has 2 rings (SSSR count). The molecule has 2 nitrogen and oxygen atoms in total. The summed E-state index contributed by atoms with van der Waals surface area (Å²) in [5, 5.41) is 0. The lowest BCUT2D eigenvalue weighted by Crippen LogP contribution is -2.49. The van der Waals surface area contributed by atoms with Crippen molar-refractivity contribution in [3.63, 3.8) is 0 Å². The molecular formula is C19H38N2. The highest BCUT2D eigenvalue weighted by Crippen LogP contribution is 2.42. The van der Waals surface area contributed by atoms with Gasteiger partial charge in [0.25, 0.3) is 0 Å². The number of hydrogen-bond donors (Lipinski definition) is 1. The van der Waals surface area contributed by atoms with Gasteiger partial charge in [0.05, 0.1) is 0 Å². The summed E-state index contributed by atoms with van der Waals surface area (Å²) in [6, 6.07) is 0.738. The molecule has 2 aliphatic rings. The Morgan fingerprint density at radius 1 is 1.10 bits per heavy atom. The van der Waals surface area contributed by atoms with Crippen LogP contribution in [0.4, 0.5) is 0 Å². The lowest BCUT2D eigenvalue weighted by atomic mass is 9.67. The molecule has 2 N–H and O–H groups in total. The Hall–Kier alpha value is -0.0800. The average Bonchev–Trinajstić information content (AvgIpc) is 2.58. The predicted octanol–water partition coefficient (Wildman–Crippen LogP) is 4.29. The molecule has 1 saturated carbocycles. The van der Waals surface area contributed by atoms with Gasteiger partial charge in [-0.3, -0.25) is 0 Å². The molecule has 1 saturated heterocycles. The molecule has 2 heteroatoms. The van der Waals surface area contributed by atoms with E-state index < -0.39 is 0 Å². The number of hydrogen-bond acceptors (Lipinski definition) is 2. The fourth-order valence-electron chi connectivity index (χ4n) is 4.49. The molecule has 0 aromatic heterocycles. The number of nitrogens with two attached hydrogens (primary N) is 1. The highest BCUT2D eigenvalue weighted by Gasteiger charge is 2.38. The van der Waals surface area contributed by atoms with Crippen LogP contribution in [0.15, 0.2) is 0 Å². The first-order chi connectivity index (χ1) is 9.73. The Kier molecular flexibility index (Phi) is 5.41. The first-order valence-corrected chi connectivity index (χ1v) is 9.17. The van der Waals surface area contributed by atoms with Crippen molar-refractivity contribution in [3.8, 4) is 0 Å². The fraction of sp³-hybridized carbons (Fsp3) is 1.00. The second-order valence-electron chi connectivity index (χ2n) is 9.49. The van der Waals surface area contributed by atoms with E-state index >= 15 is 0 Å². The Labute approximate surface area is 132 Å². The molecule has 0 spiro atoms. The molecular weight excluding hydrogens is 256 g/mol. The third-order valence-electron chi connectivity index (χ3n) is 6.33. The van der Waals surface area contributed by atoms with Crippen LogP contribution >= 0.6 is 0 Å². The van der Waals surface area contributed by atoms with Gasteiger partial charge in [0.2, 0.25) is 0 Å². The quantitative estimate of drug-likeness (QED) is 0.823. The third kappa shape index (κ3) is 4.45. The van der Waals surface area contributed by atoms with Crippen LogP contribution in [-0.4, -0.2) is 30.6 Å². The molecule has 0 amide bonds. The summed E-state index contributed by atoms with van der Waals surface area (Å²) in [6.07, 6.45) is 8.17. The highest BCUT2D eigenvalue weighted by atomic mass is 15.2. The standard InChI is InChI=1S/C19H38N2/c1-18(2,3)16-8-7-15(14-20)17(13-16)21-11-6-9-19(4,5)10-12-21/h15-17H,6-14,20H2,1-5H3. The monoisotopic (exact) mass is 294 g/mol. The molecule has 1 heterocycles. The maximum Gasteiger partial charge on any atom is 0.0138 e. The minimum atomic E-state index is 0.447. The SMILES string of the molecule is CC1(C)CCCN(C2CC(C(C)(C)C)CCC2CN)CC1. The average molecular weight is 295 g/mol. The van der Waals surface area contributed by atoms with Gasteiger partial charge in [0.15, 0.2) is 0 Å². The van der Waals surface area contributed by atoms with Crippen LogP contribution in [0.3, 0.4) is 0 Å². The normalized spacial score (nSPS) is 35.4. The number of likely N-dealkylation sites (tertiary alicyclic amines) is 1. The van der Waals surface area contributed by atoms with Crippen LogP contribution in [0.1, 0.15) is 73.1 Å². The summed E-state index contributed by atoms with van der Waals surface area (Å²) in [4.78, 5) is 2.81. The number of rotatable bonds is 2. The summed E-state index contributed by atoms with van der Waals surface area (Å²) in [5.41, 5.74) is 7.10. The van der Waals surface area contributed by atoms with Gasteiger partial charge >= 0.3 is 0 Å². The van der Waals surface area contributed by atoms with Gasteiger partial charge < -0.3 is 10.6 Å². The largest absolute Gasteiger partial charge is 0.330 e. The molecule has 2 fully saturated rings. The smallest absolute Gasteiger partial charge is 0.0138 e. The summed E-state index contributed by atoms with van der Waals surface area (Å²) in [6.45, 7) is 15.6. The Balaban J connectivity index is 2.06. The van der Waals surface area contributed by atoms with Crippen molar-refractivity contribution in [1.82, 2.24) is 4.90 Å². The Morgan fingerprint density at radius 2 is 1.81 bits per heavy atom. The van der Waals surface area contributed by atoms with Crippen molar-refractivity contribution in [2.75, 3.05) is 19.6 Å². The maximum absolute atomic E-state index is 6.12. The maximum atomic E-state index is 6.12. The van der Waals surface area contributed by atoms with Crippen molar-refractivity contribution in [3.05, 3.63) is 0 Å². The van der Waals surface area contributed by atoms with E-state index in [1.807, 2.05) is 0 Å². The lowest BCUT2D eigenvalue weighted by Gasteiger charge is -2.46. The molecule has 0 aromatic rings. The highest BCUT2D eigenvalue weighted by molar-refractivity contribution is 4.92. The van der Waals surface area contributed by atoms with Crippen LogP contribution in [0, 0.1) is 22.7 Å². The molecule has 124 valence electrons. The molecule has 3 unspecified atom stereocenters. The predicted molar refractivity (Wildman–Crippen MR) is 92.3 cm³/mol. The molecule has 3 atom stereocenters. The van der Waals surface area contributed by atoms with E-state index in [0.29, 0.717) is 10.8 Å². The third-order valence-corrected chi connectivity index (χ3v) is 6.33. The topological polar surface area (TPSA) is 29.3 Å². The zero-order valence-corrected chi connectivity index (χ0v) is 15.1. The lowest BCUT2D eigenvalue weighted by molar-refractivity contribution is 0.0455. The van der Waals surface area contributed by atoms with E-state index in [9.17, 15) is 0 Å². The second kappa shape index (κ2) is 6.58. The van der Waals surface area contributed by atoms with E-state index in [4.69, 9.17) is 5.73 Å². The van der Waals surface area contributed by atoms with E-state index in [2.05, 4.69) is 39.5 Å². The van der Waals surface area contributed by atoms with Gasteiger partial charge in [-0.15, -0.1) is 0 Å². The van der Waals surface area contributed by atoms with Gasteiger partial charge in [0, 0.05) is 6.04 Å². The van der Waals surface area contributed by atoms with Crippen molar-refractivity contribution in [1.29, 1.82) is 0 Å². The minimum Gasteiger partial charge on any atom is -0.330 e. The van der Waals surface area contributed by atoms with Crippen molar-refractivity contribution in [2.24, 2.45) is 28.4 Å². The molecule has 1 aliphatic heterocycles. The molecule has 0 radical (unpaired) electrons. The summed E-state index contributed by atoms with van der Waals surface area (Å²) < 4.78 is 0. The molecule has 21 heavy (non-hydrogen) atoms. The van der Waals surface area contributed by atoms with Gasteiger partial charge in [-0.1, -0.05) is 34.6 Å². The van der Waals surface area contributed by atoms with Gasteiger partial charge in [-0.25, -0.2) is 0 Å². The first-order valence-electron chi connectivity index (χ1n) is 9.17. The zero-order chi connectivity index (χ0) is 15.7. The van der Waals surface area contributed by atoms with Crippen molar-refractivity contribution >= 4 is 0 Å². The Morgan fingerprint density at radius 3 is 2.43 bits per heavy atom. The van der Waals surface area contributed by atoms with E-state index in [-0.39, 0.29) is 0 Å². The number of nitrogens with zero attached hydrogens (tertiary/aromatic N) is 1. The van der Waals surface area contributed by atoms with Crippen molar-refractivity contribution < 1.29 is 0 Å². The van der Waals surface area contributed by atoms with Crippen LogP contribution in [0.2, 0.25) is 0 Å². The summed E-state index contributed by atoms with van der Waals surface area (Å²) in [7, 11) is 0. The summed E-state index contributed by atoms with van der Waals surface area (Å²) in [5.74, 6) is 1.59. The van der Waals surface area contributed by atoms with E-state index in [1.165, 1.54) is 51.6 Å². The fourth-order valence-corrected chi connectivity index (χ4v) is 4.49. The van der Waals surface area contributed by atoms with Gasteiger partial charge in [-0.05, 0) is 80.8 Å². The van der Waals surface area contributed by atoms with Crippen LogP contribution < -0.4 is 5.73 Å². The van der Waals surface area contributed by atoms with Crippen LogP contribution in [-0.2, 0) is 0 Å². The van der Waals surface area contributed by atoms with Crippen LogP contribution in [0.5, 0.6) is 0 Å². The van der Waals surface area contributed by atoms with Gasteiger partial charge in [-0.2, -0.15) is 0 Å². The molecule has 0 aromatic carbocycles. The minimum absolute atomic E-state index is 0.447. The summed E-state index contributed by atoms with van der Waals surface area (Å²) >= 11 is 0. The van der Waals surface area contributed by atoms with E-state index in [0.717, 1.165) is 24.4 Å². The van der Waals surface area contributed by atoms with Crippen molar-refractivity contribution in [2.45, 2.75) is 79.2 Å². The molecule has 0 bridgehead atoms. The molecule has 1 aliphatic carbocycles. The van der Waals surface area contributed by atoms with Crippen LogP contribution in [0.25, 0.3) is 0 Å². The zero-order valence-electron chi connectivity index (χ0n) is 15.1. The van der Waals surface area contributed by atoms with E-state index in [1.54, 1.807) is 0 Å². The Bertz CT molecular complexity index is 329. The second-order valence-corrected chi connectivity index (χ2v) is 9.49. The van der Waals surface area contributed by atoms with Gasteiger partial charge in [0.1, 0.15) is 0 Å².